The highest BCUT2D eigenvalue weighted by Crippen LogP contribution is 2.39. The number of nitrogens with one attached hydrogen (secondary N) is 1. The van der Waals surface area contributed by atoms with Gasteiger partial charge < -0.3 is 10.1 Å². The van der Waals surface area contributed by atoms with Crippen LogP contribution in [0, 0.1) is 11.6 Å². The van der Waals surface area contributed by atoms with Crippen LogP contribution in [0.5, 0.6) is 0 Å². The number of methoxy groups -OCH3 is 1. The van der Waals surface area contributed by atoms with Gasteiger partial charge in [-0.2, -0.15) is 0 Å². The van der Waals surface area contributed by atoms with Gasteiger partial charge in [0.05, 0.1) is 10.1 Å². The molecule has 5 heteroatoms. The van der Waals surface area contributed by atoms with Gasteiger partial charge in [0.25, 0.3) is 0 Å². The van der Waals surface area contributed by atoms with Crippen molar-refractivity contribution in [3.05, 3.63) is 33.8 Å². The number of hydrogen-bond donors (Lipinski definition) is 1. The summed E-state index contributed by atoms with van der Waals surface area (Å²) in [5.41, 5.74) is 0.0205. The number of likely N-dealkylation sites (N-methyl/N-ethyl adjacent to an activating group) is 1. The number of halogens is 3. The molecule has 1 unspecified atom stereocenters. The molecule has 0 heterocycles. The summed E-state index contributed by atoms with van der Waals surface area (Å²) < 4.78 is 34.0. The van der Waals surface area contributed by atoms with E-state index in [1.807, 2.05) is 6.92 Å². The van der Waals surface area contributed by atoms with E-state index < -0.39 is 11.6 Å². The third-order valence-corrected chi connectivity index (χ3v) is 5.01. The van der Waals surface area contributed by atoms with Crippen LogP contribution in [-0.4, -0.2) is 25.3 Å². The molecular weight excluding hydrogens is 340 g/mol. The van der Waals surface area contributed by atoms with Crippen molar-refractivity contribution >= 4 is 15.9 Å². The van der Waals surface area contributed by atoms with Gasteiger partial charge in [-0.3, -0.25) is 0 Å². The Labute approximate surface area is 133 Å². The molecule has 21 heavy (non-hydrogen) atoms. The molecule has 1 N–H and O–H groups in total. The molecule has 0 saturated heterocycles. The number of rotatable bonds is 7. The molecule has 1 aliphatic rings. The second-order valence-electron chi connectivity index (χ2n) is 5.73. The highest BCUT2D eigenvalue weighted by Gasteiger charge is 2.39. The van der Waals surface area contributed by atoms with Gasteiger partial charge in [-0.1, -0.05) is 6.92 Å². The van der Waals surface area contributed by atoms with Crippen molar-refractivity contribution in [3.63, 3.8) is 0 Å². The van der Waals surface area contributed by atoms with Crippen LogP contribution in [0.15, 0.2) is 16.6 Å². The van der Waals surface area contributed by atoms with Crippen molar-refractivity contribution in [1.29, 1.82) is 0 Å². The quantitative estimate of drug-likeness (QED) is 0.734. The molecule has 1 atom stereocenters. The average Bonchev–Trinajstić information content (AvgIpc) is 2.43. The Kier molecular flexibility index (Phi) is 5.74. The van der Waals surface area contributed by atoms with E-state index in [9.17, 15) is 8.78 Å². The largest absolute Gasteiger partial charge is 0.378 e. The van der Waals surface area contributed by atoms with Crippen LogP contribution in [0.3, 0.4) is 0 Å². The first-order chi connectivity index (χ1) is 10.0. The third kappa shape index (κ3) is 3.82. The minimum Gasteiger partial charge on any atom is -0.378 e. The van der Waals surface area contributed by atoms with Gasteiger partial charge in [0.15, 0.2) is 0 Å². The van der Waals surface area contributed by atoms with Gasteiger partial charge in [-0.05, 0) is 66.7 Å². The summed E-state index contributed by atoms with van der Waals surface area (Å²) in [5.74, 6) is -0.989. The summed E-state index contributed by atoms with van der Waals surface area (Å²) in [6.07, 6.45) is 4.31. The van der Waals surface area contributed by atoms with E-state index in [1.165, 1.54) is 12.1 Å². The molecule has 0 aromatic heterocycles. The summed E-state index contributed by atoms with van der Waals surface area (Å²) >= 11 is 3.12. The predicted molar refractivity (Wildman–Crippen MR) is 83.4 cm³/mol. The van der Waals surface area contributed by atoms with Crippen molar-refractivity contribution < 1.29 is 13.5 Å². The maximum Gasteiger partial charge on any atom is 0.143 e. The fourth-order valence-electron chi connectivity index (χ4n) is 3.02. The first-order valence-corrected chi connectivity index (χ1v) is 8.21. The van der Waals surface area contributed by atoms with Crippen LogP contribution in [0.1, 0.15) is 38.2 Å². The minimum atomic E-state index is -0.502. The fourth-order valence-corrected chi connectivity index (χ4v) is 3.39. The Balaban J connectivity index is 2.14. The smallest absolute Gasteiger partial charge is 0.143 e. The summed E-state index contributed by atoms with van der Waals surface area (Å²) in [6.45, 7) is 2.77. The Bertz CT molecular complexity index is 486. The summed E-state index contributed by atoms with van der Waals surface area (Å²) in [5, 5.41) is 3.33. The van der Waals surface area contributed by atoms with Gasteiger partial charge in [-0.15, -0.1) is 0 Å². The van der Waals surface area contributed by atoms with Gasteiger partial charge in [-0.25, -0.2) is 8.78 Å². The van der Waals surface area contributed by atoms with Crippen LogP contribution in [0.2, 0.25) is 0 Å². The molecule has 2 nitrogen and oxygen atoms in total. The monoisotopic (exact) mass is 361 g/mol. The maximum absolute atomic E-state index is 14.1. The van der Waals surface area contributed by atoms with E-state index in [4.69, 9.17) is 4.74 Å². The summed E-state index contributed by atoms with van der Waals surface area (Å²) in [7, 11) is 1.72. The second kappa shape index (κ2) is 7.16. The van der Waals surface area contributed by atoms with Crippen molar-refractivity contribution in [1.82, 2.24) is 5.32 Å². The zero-order valence-electron chi connectivity index (χ0n) is 12.5. The highest BCUT2D eigenvalue weighted by atomic mass is 79.9. The minimum absolute atomic E-state index is 0.00792. The molecule has 1 aromatic rings. The third-order valence-electron chi connectivity index (χ3n) is 4.40. The maximum atomic E-state index is 14.1. The standard InChI is InChI=1S/C16H22BrF2NO/c1-3-20-11(10-16(21-2)7-4-8-16)9-12-14(18)6-5-13(17)15(12)19/h5-6,11,20H,3-4,7-10H2,1-2H3. The first-order valence-electron chi connectivity index (χ1n) is 7.42. The lowest BCUT2D eigenvalue weighted by Gasteiger charge is -2.43. The van der Waals surface area contributed by atoms with Crippen molar-refractivity contribution in [2.24, 2.45) is 0 Å². The number of hydrogen-bond acceptors (Lipinski definition) is 2. The Morgan fingerprint density at radius 2 is 2.10 bits per heavy atom. The Morgan fingerprint density at radius 1 is 1.38 bits per heavy atom. The van der Waals surface area contributed by atoms with Gasteiger partial charge >= 0.3 is 0 Å². The van der Waals surface area contributed by atoms with Crippen LogP contribution in [0.25, 0.3) is 0 Å². The Hall–Kier alpha value is -0.520. The predicted octanol–water partition coefficient (Wildman–Crippen LogP) is 4.21. The molecule has 1 saturated carbocycles. The SMILES string of the molecule is CCNC(Cc1c(F)ccc(Br)c1F)CC1(OC)CCC1. The Morgan fingerprint density at radius 3 is 2.62 bits per heavy atom. The molecule has 1 aliphatic carbocycles. The van der Waals surface area contributed by atoms with Crippen molar-refractivity contribution in [2.45, 2.75) is 50.7 Å². The molecule has 0 aliphatic heterocycles. The number of benzene rings is 1. The lowest BCUT2D eigenvalue weighted by Crippen LogP contribution is -2.46. The molecule has 0 spiro atoms. The molecule has 1 aromatic carbocycles. The molecule has 2 rings (SSSR count). The van der Waals surface area contributed by atoms with Crippen LogP contribution in [0.4, 0.5) is 8.78 Å². The molecule has 0 amide bonds. The molecule has 118 valence electrons. The zero-order valence-corrected chi connectivity index (χ0v) is 14.1. The van der Waals surface area contributed by atoms with E-state index in [-0.39, 0.29) is 17.2 Å². The summed E-state index contributed by atoms with van der Waals surface area (Å²) in [4.78, 5) is 0. The zero-order chi connectivity index (χ0) is 15.5. The van der Waals surface area contributed by atoms with Crippen LogP contribution < -0.4 is 5.32 Å². The fraction of sp³-hybridized carbons (Fsp3) is 0.625. The van der Waals surface area contributed by atoms with E-state index in [0.29, 0.717) is 10.9 Å². The van der Waals surface area contributed by atoms with Gasteiger partial charge in [0.2, 0.25) is 0 Å². The van der Waals surface area contributed by atoms with E-state index in [1.54, 1.807) is 7.11 Å². The molecule has 1 fully saturated rings. The highest BCUT2D eigenvalue weighted by molar-refractivity contribution is 9.10. The molecule has 0 radical (unpaired) electrons. The number of ether oxygens (including phenoxy) is 1. The summed E-state index contributed by atoms with van der Waals surface area (Å²) in [6, 6.07) is 2.72. The van der Waals surface area contributed by atoms with Gasteiger partial charge in [0.1, 0.15) is 11.6 Å². The van der Waals surface area contributed by atoms with Crippen molar-refractivity contribution in [2.75, 3.05) is 13.7 Å². The average molecular weight is 362 g/mol. The van der Waals surface area contributed by atoms with Crippen LogP contribution in [-0.2, 0) is 11.2 Å². The van der Waals surface area contributed by atoms with E-state index >= 15 is 0 Å². The van der Waals surface area contributed by atoms with Gasteiger partial charge in [0, 0.05) is 18.7 Å². The van der Waals surface area contributed by atoms with Crippen LogP contribution >= 0.6 is 15.9 Å². The van der Waals surface area contributed by atoms with E-state index in [0.717, 1.165) is 32.2 Å². The first kappa shape index (κ1) is 16.8. The van der Waals surface area contributed by atoms with Crippen molar-refractivity contribution in [3.8, 4) is 0 Å². The lowest BCUT2D eigenvalue weighted by molar-refractivity contribution is -0.0834. The molecule has 0 bridgehead atoms. The molecular formula is C16H22BrF2NO. The van der Waals surface area contributed by atoms with E-state index in [2.05, 4.69) is 21.2 Å². The topological polar surface area (TPSA) is 21.3 Å². The normalized spacial score (nSPS) is 18.3. The lowest BCUT2D eigenvalue weighted by atomic mass is 9.75. The second-order valence-corrected chi connectivity index (χ2v) is 6.58.